The summed E-state index contributed by atoms with van der Waals surface area (Å²) in [5.41, 5.74) is 2.23. The SMILES string of the molecule is CNc1nc2cc(OC)ccc2cc1CN1CCSCC1. The summed E-state index contributed by atoms with van der Waals surface area (Å²) in [6.07, 6.45) is 0. The number of hydrogen-bond donors (Lipinski definition) is 1. The van der Waals surface area contributed by atoms with E-state index < -0.39 is 0 Å². The maximum Gasteiger partial charge on any atom is 0.130 e. The summed E-state index contributed by atoms with van der Waals surface area (Å²) in [5.74, 6) is 4.27. The average molecular weight is 303 g/mol. The highest BCUT2D eigenvalue weighted by Crippen LogP contribution is 2.25. The third-order valence-corrected chi connectivity index (χ3v) is 4.78. The molecule has 0 radical (unpaired) electrons. The molecule has 2 aromatic rings. The van der Waals surface area contributed by atoms with Crippen LogP contribution in [-0.4, -0.2) is 48.6 Å². The average Bonchev–Trinajstić information content (AvgIpc) is 2.54. The Morgan fingerprint density at radius 3 is 2.81 bits per heavy atom. The van der Waals surface area contributed by atoms with Crippen molar-refractivity contribution in [2.75, 3.05) is 44.1 Å². The van der Waals surface area contributed by atoms with Gasteiger partial charge in [0.1, 0.15) is 11.6 Å². The number of anilines is 1. The number of aromatic nitrogens is 1. The third kappa shape index (κ3) is 3.24. The molecule has 0 spiro atoms. The second-order valence-corrected chi connectivity index (χ2v) is 6.42. The molecule has 0 amide bonds. The van der Waals surface area contributed by atoms with E-state index in [1.54, 1.807) is 7.11 Å². The van der Waals surface area contributed by atoms with Crippen LogP contribution >= 0.6 is 11.8 Å². The molecule has 4 nitrogen and oxygen atoms in total. The van der Waals surface area contributed by atoms with Gasteiger partial charge in [0.2, 0.25) is 0 Å². The predicted molar refractivity (Wildman–Crippen MR) is 90.4 cm³/mol. The first-order chi connectivity index (χ1) is 10.3. The largest absolute Gasteiger partial charge is 0.497 e. The van der Waals surface area contributed by atoms with Crippen LogP contribution in [0.15, 0.2) is 24.3 Å². The number of nitrogens with zero attached hydrogens (tertiary/aromatic N) is 2. The maximum absolute atomic E-state index is 5.28. The summed E-state index contributed by atoms with van der Waals surface area (Å²) in [4.78, 5) is 7.25. The number of fused-ring (bicyclic) bond motifs is 1. The van der Waals surface area contributed by atoms with E-state index in [4.69, 9.17) is 9.72 Å². The van der Waals surface area contributed by atoms with Crippen LogP contribution < -0.4 is 10.1 Å². The van der Waals surface area contributed by atoms with Gasteiger partial charge in [0.15, 0.2) is 0 Å². The zero-order valence-electron chi connectivity index (χ0n) is 12.6. The Morgan fingerprint density at radius 1 is 1.29 bits per heavy atom. The first-order valence-electron chi connectivity index (χ1n) is 7.25. The zero-order chi connectivity index (χ0) is 14.7. The molecule has 1 N–H and O–H groups in total. The molecule has 2 heterocycles. The van der Waals surface area contributed by atoms with Gasteiger partial charge in [-0.1, -0.05) is 0 Å². The normalized spacial score (nSPS) is 16.1. The molecule has 0 unspecified atom stereocenters. The Kier molecular flexibility index (Phi) is 4.51. The molecular weight excluding hydrogens is 282 g/mol. The van der Waals surface area contributed by atoms with Crippen LogP contribution in [-0.2, 0) is 6.54 Å². The topological polar surface area (TPSA) is 37.4 Å². The van der Waals surface area contributed by atoms with E-state index >= 15 is 0 Å². The van der Waals surface area contributed by atoms with Gasteiger partial charge in [-0.05, 0) is 18.2 Å². The predicted octanol–water partition coefficient (Wildman–Crippen LogP) is 2.83. The standard InChI is InChI=1S/C16H21N3OS/c1-17-16-13(11-19-5-7-21-8-6-19)9-12-3-4-14(20-2)10-15(12)18-16/h3-4,9-10H,5-8,11H2,1-2H3,(H,17,18). The van der Waals surface area contributed by atoms with Gasteiger partial charge >= 0.3 is 0 Å². The molecule has 21 heavy (non-hydrogen) atoms. The summed E-state index contributed by atoms with van der Waals surface area (Å²) in [6, 6.07) is 8.30. The summed E-state index contributed by atoms with van der Waals surface area (Å²) < 4.78 is 5.28. The molecule has 0 bridgehead atoms. The quantitative estimate of drug-likeness (QED) is 0.940. The van der Waals surface area contributed by atoms with E-state index in [-0.39, 0.29) is 0 Å². The number of methoxy groups -OCH3 is 1. The fourth-order valence-electron chi connectivity index (χ4n) is 2.65. The highest BCUT2D eigenvalue weighted by Gasteiger charge is 2.14. The molecule has 5 heteroatoms. The molecule has 0 atom stereocenters. The van der Waals surface area contributed by atoms with Crippen LogP contribution in [0.2, 0.25) is 0 Å². The van der Waals surface area contributed by atoms with Crippen molar-refractivity contribution >= 4 is 28.5 Å². The molecule has 0 saturated carbocycles. The van der Waals surface area contributed by atoms with Crippen LogP contribution in [0.4, 0.5) is 5.82 Å². The van der Waals surface area contributed by atoms with Crippen molar-refractivity contribution in [3.05, 3.63) is 29.8 Å². The van der Waals surface area contributed by atoms with Crippen molar-refractivity contribution in [3.8, 4) is 5.75 Å². The van der Waals surface area contributed by atoms with Gasteiger partial charge < -0.3 is 10.1 Å². The van der Waals surface area contributed by atoms with E-state index in [1.165, 1.54) is 17.1 Å². The first-order valence-corrected chi connectivity index (χ1v) is 8.41. The second-order valence-electron chi connectivity index (χ2n) is 5.19. The molecule has 1 aromatic heterocycles. The molecule has 112 valence electrons. The lowest BCUT2D eigenvalue weighted by atomic mass is 10.1. The minimum atomic E-state index is 0.845. The molecular formula is C16H21N3OS. The maximum atomic E-state index is 5.28. The van der Waals surface area contributed by atoms with Crippen molar-refractivity contribution in [1.82, 2.24) is 9.88 Å². The Bertz CT molecular complexity index is 626. The summed E-state index contributed by atoms with van der Waals surface area (Å²) in [7, 11) is 3.62. The monoisotopic (exact) mass is 303 g/mol. The van der Waals surface area contributed by atoms with Gasteiger partial charge in [-0.3, -0.25) is 4.90 Å². The van der Waals surface area contributed by atoms with Crippen molar-refractivity contribution < 1.29 is 4.74 Å². The molecule has 1 fully saturated rings. The lowest BCUT2D eigenvalue weighted by molar-refractivity contribution is 0.295. The molecule has 1 aliphatic rings. The van der Waals surface area contributed by atoms with Gasteiger partial charge in [-0.2, -0.15) is 11.8 Å². The fourth-order valence-corrected chi connectivity index (χ4v) is 3.63. The van der Waals surface area contributed by atoms with E-state index in [0.29, 0.717) is 0 Å². The molecule has 3 rings (SSSR count). The molecule has 0 aliphatic carbocycles. The number of pyridine rings is 1. The lowest BCUT2D eigenvalue weighted by Gasteiger charge is -2.26. The van der Waals surface area contributed by atoms with Crippen LogP contribution in [0.1, 0.15) is 5.56 Å². The van der Waals surface area contributed by atoms with Crippen molar-refractivity contribution in [2.45, 2.75) is 6.54 Å². The zero-order valence-corrected chi connectivity index (χ0v) is 13.4. The number of benzene rings is 1. The van der Waals surface area contributed by atoms with Gasteiger partial charge in [0.05, 0.1) is 12.6 Å². The Labute approximate surface area is 129 Å². The third-order valence-electron chi connectivity index (χ3n) is 3.84. The first kappa shape index (κ1) is 14.5. The van der Waals surface area contributed by atoms with Crippen LogP contribution in [0.3, 0.4) is 0 Å². The highest BCUT2D eigenvalue weighted by molar-refractivity contribution is 7.99. The van der Waals surface area contributed by atoms with Crippen molar-refractivity contribution in [1.29, 1.82) is 0 Å². The molecule has 1 saturated heterocycles. The Hall–Kier alpha value is -1.46. The van der Waals surface area contributed by atoms with E-state index in [0.717, 1.165) is 42.1 Å². The summed E-state index contributed by atoms with van der Waals surface area (Å²) in [5, 5.41) is 4.39. The van der Waals surface area contributed by atoms with Gasteiger partial charge in [-0.15, -0.1) is 0 Å². The Balaban J connectivity index is 1.93. The van der Waals surface area contributed by atoms with Gasteiger partial charge in [-0.25, -0.2) is 4.98 Å². The number of nitrogens with one attached hydrogen (secondary N) is 1. The van der Waals surface area contributed by atoms with E-state index in [9.17, 15) is 0 Å². The highest BCUT2D eigenvalue weighted by atomic mass is 32.2. The minimum absolute atomic E-state index is 0.845. The van der Waals surface area contributed by atoms with Crippen molar-refractivity contribution in [2.24, 2.45) is 0 Å². The fraction of sp³-hybridized carbons (Fsp3) is 0.438. The summed E-state index contributed by atoms with van der Waals surface area (Å²) in [6.45, 7) is 3.29. The van der Waals surface area contributed by atoms with Crippen LogP contribution in [0.25, 0.3) is 10.9 Å². The van der Waals surface area contributed by atoms with E-state index in [2.05, 4.69) is 22.3 Å². The summed E-state index contributed by atoms with van der Waals surface area (Å²) >= 11 is 2.04. The number of ether oxygens (including phenoxy) is 1. The molecule has 1 aliphatic heterocycles. The minimum Gasteiger partial charge on any atom is -0.497 e. The Morgan fingerprint density at radius 2 is 2.10 bits per heavy atom. The van der Waals surface area contributed by atoms with Crippen molar-refractivity contribution in [3.63, 3.8) is 0 Å². The van der Waals surface area contributed by atoms with Gasteiger partial charge in [0, 0.05) is 55.2 Å². The second kappa shape index (κ2) is 6.54. The molecule has 1 aromatic carbocycles. The number of hydrogen-bond acceptors (Lipinski definition) is 5. The number of thioether (sulfide) groups is 1. The van der Waals surface area contributed by atoms with Crippen LogP contribution in [0, 0.1) is 0 Å². The number of rotatable bonds is 4. The smallest absolute Gasteiger partial charge is 0.130 e. The van der Waals surface area contributed by atoms with Crippen LogP contribution in [0.5, 0.6) is 5.75 Å². The lowest BCUT2D eigenvalue weighted by Crippen LogP contribution is -2.32. The van der Waals surface area contributed by atoms with Gasteiger partial charge in [0.25, 0.3) is 0 Å². The van der Waals surface area contributed by atoms with E-state index in [1.807, 2.05) is 30.9 Å².